The Morgan fingerprint density at radius 2 is 2.40 bits per heavy atom. The summed E-state index contributed by atoms with van der Waals surface area (Å²) < 4.78 is 0.760. The van der Waals surface area contributed by atoms with Gasteiger partial charge in [0, 0.05) is 23.8 Å². The van der Waals surface area contributed by atoms with Gasteiger partial charge in [0.2, 0.25) is 0 Å². The van der Waals surface area contributed by atoms with E-state index >= 15 is 0 Å². The molecule has 82 valence electrons. The van der Waals surface area contributed by atoms with Crippen LogP contribution in [0.2, 0.25) is 4.34 Å². The van der Waals surface area contributed by atoms with E-state index in [9.17, 15) is 4.79 Å². The van der Waals surface area contributed by atoms with Crippen LogP contribution < -0.4 is 5.32 Å². The van der Waals surface area contributed by atoms with E-state index in [0.29, 0.717) is 18.1 Å². The molecule has 2 atom stereocenters. The molecule has 1 fully saturated rings. The van der Waals surface area contributed by atoms with E-state index in [1.165, 1.54) is 11.3 Å². The van der Waals surface area contributed by atoms with Crippen LogP contribution in [-0.4, -0.2) is 18.9 Å². The Kier molecular flexibility index (Phi) is 3.44. The summed E-state index contributed by atoms with van der Waals surface area (Å²) in [5, 5.41) is 3.25. The van der Waals surface area contributed by atoms with Gasteiger partial charge in [0.15, 0.2) is 0 Å². The van der Waals surface area contributed by atoms with Crippen molar-refractivity contribution in [2.24, 2.45) is 11.8 Å². The molecule has 1 saturated heterocycles. The van der Waals surface area contributed by atoms with Crippen LogP contribution in [0.15, 0.2) is 12.1 Å². The average Bonchev–Trinajstić information content (AvgIpc) is 2.75. The van der Waals surface area contributed by atoms with Crippen molar-refractivity contribution in [2.45, 2.75) is 13.3 Å². The van der Waals surface area contributed by atoms with Gasteiger partial charge >= 0.3 is 0 Å². The van der Waals surface area contributed by atoms with E-state index in [0.717, 1.165) is 22.3 Å². The third-order valence-corrected chi connectivity index (χ3v) is 4.14. The normalized spacial score (nSPS) is 25.7. The Morgan fingerprint density at radius 1 is 1.60 bits per heavy atom. The number of Topliss-reactive ketones (excluding diaryl/α,β-unsaturated/α-hetero) is 1. The number of ketones is 1. The van der Waals surface area contributed by atoms with Crippen LogP contribution in [-0.2, 0) is 11.2 Å². The molecule has 2 unspecified atom stereocenters. The van der Waals surface area contributed by atoms with E-state index in [4.69, 9.17) is 11.6 Å². The Labute approximate surface area is 98.6 Å². The van der Waals surface area contributed by atoms with Crippen LogP contribution in [0.4, 0.5) is 0 Å². The lowest BCUT2D eigenvalue weighted by Gasteiger charge is -2.11. The topological polar surface area (TPSA) is 29.1 Å². The lowest BCUT2D eigenvalue weighted by molar-refractivity contribution is -0.122. The van der Waals surface area contributed by atoms with E-state index in [-0.39, 0.29) is 5.92 Å². The van der Waals surface area contributed by atoms with Gasteiger partial charge in [-0.2, -0.15) is 0 Å². The number of nitrogens with one attached hydrogen (secondary N) is 1. The number of carbonyl (C=O) groups excluding carboxylic acids is 1. The van der Waals surface area contributed by atoms with E-state index in [2.05, 4.69) is 12.2 Å². The number of hydrogen-bond donors (Lipinski definition) is 1. The SMILES string of the molecule is CC1CNCC1C(=O)Cc1ccc(Cl)s1. The second-order valence-electron chi connectivity index (χ2n) is 4.09. The second-order valence-corrected chi connectivity index (χ2v) is 5.89. The van der Waals surface area contributed by atoms with E-state index in [1.54, 1.807) is 0 Å². The average molecular weight is 244 g/mol. The maximum atomic E-state index is 12.0. The fourth-order valence-corrected chi connectivity index (χ4v) is 3.09. The Morgan fingerprint density at radius 3 is 2.93 bits per heavy atom. The zero-order valence-electron chi connectivity index (χ0n) is 8.63. The molecule has 0 radical (unpaired) electrons. The highest BCUT2D eigenvalue weighted by Crippen LogP contribution is 2.24. The van der Waals surface area contributed by atoms with Gasteiger partial charge in [-0.25, -0.2) is 0 Å². The zero-order chi connectivity index (χ0) is 10.8. The molecule has 0 bridgehead atoms. The van der Waals surface area contributed by atoms with E-state index in [1.807, 2.05) is 12.1 Å². The minimum atomic E-state index is 0.186. The fourth-order valence-electron chi connectivity index (χ4n) is 1.99. The van der Waals surface area contributed by atoms with Crippen LogP contribution >= 0.6 is 22.9 Å². The fraction of sp³-hybridized carbons (Fsp3) is 0.545. The highest BCUT2D eigenvalue weighted by Gasteiger charge is 2.29. The van der Waals surface area contributed by atoms with Crippen molar-refractivity contribution in [3.8, 4) is 0 Å². The summed E-state index contributed by atoms with van der Waals surface area (Å²) in [4.78, 5) is 13.0. The Hall–Kier alpha value is -0.380. The molecule has 4 heteroatoms. The van der Waals surface area contributed by atoms with Crippen molar-refractivity contribution in [1.82, 2.24) is 5.32 Å². The molecule has 2 nitrogen and oxygen atoms in total. The summed E-state index contributed by atoms with van der Waals surface area (Å²) in [7, 11) is 0. The van der Waals surface area contributed by atoms with Crippen molar-refractivity contribution < 1.29 is 4.79 Å². The molecule has 0 aliphatic carbocycles. The first-order valence-electron chi connectivity index (χ1n) is 5.14. The van der Waals surface area contributed by atoms with Crippen molar-refractivity contribution in [2.75, 3.05) is 13.1 Å². The highest BCUT2D eigenvalue weighted by atomic mass is 35.5. The van der Waals surface area contributed by atoms with Gasteiger partial charge in [0.1, 0.15) is 5.78 Å². The first-order chi connectivity index (χ1) is 7.16. The maximum absolute atomic E-state index is 12.0. The summed E-state index contributed by atoms with van der Waals surface area (Å²) in [6, 6.07) is 3.79. The number of hydrogen-bond acceptors (Lipinski definition) is 3. The summed E-state index contributed by atoms with van der Waals surface area (Å²) in [5.41, 5.74) is 0. The first kappa shape index (κ1) is 11.1. The van der Waals surface area contributed by atoms with Crippen LogP contribution in [0, 0.1) is 11.8 Å². The number of carbonyl (C=O) groups is 1. The van der Waals surface area contributed by atoms with Gasteiger partial charge < -0.3 is 5.32 Å². The molecule has 1 N–H and O–H groups in total. The number of thiophene rings is 1. The van der Waals surface area contributed by atoms with E-state index < -0.39 is 0 Å². The van der Waals surface area contributed by atoms with Crippen LogP contribution in [0.5, 0.6) is 0 Å². The van der Waals surface area contributed by atoms with Gasteiger partial charge in [0.25, 0.3) is 0 Å². The maximum Gasteiger partial charge on any atom is 0.142 e. The minimum absolute atomic E-state index is 0.186. The quantitative estimate of drug-likeness (QED) is 0.883. The molecule has 1 aromatic rings. The molecule has 1 aromatic heterocycles. The van der Waals surface area contributed by atoms with Crippen molar-refractivity contribution in [1.29, 1.82) is 0 Å². The van der Waals surface area contributed by atoms with Gasteiger partial charge in [-0.05, 0) is 24.6 Å². The summed E-state index contributed by atoms with van der Waals surface area (Å²) in [6.45, 7) is 3.92. The van der Waals surface area contributed by atoms with Crippen LogP contribution in [0.25, 0.3) is 0 Å². The smallest absolute Gasteiger partial charge is 0.142 e. The predicted octanol–water partition coefficient (Wildman–Crippen LogP) is 2.37. The van der Waals surface area contributed by atoms with Gasteiger partial charge in [-0.3, -0.25) is 4.79 Å². The molecule has 0 saturated carbocycles. The van der Waals surface area contributed by atoms with Crippen LogP contribution in [0.3, 0.4) is 0 Å². The van der Waals surface area contributed by atoms with Crippen molar-refractivity contribution in [3.05, 3.63) is 21.3 Å². The first-order valence-corrected chi connectivity index (χ1v) is 6.34. The zero-order valence-corrected chi connectivity index (χ0v) is 10.2. The Balaban J connectivity index is 1.97. The molecule has 0 spiro atoms. The van der Waals surface area contributed by atoms with Gasteiger partial charge in [-0.1, -0.05) is 18.5 Å². The third-order valence-electron chi connectivity index (χ3n) is 2.91. The molecule has 1 aliphatic rings. The largest absolute Gasteiger partial charge is 0.316 e. The third kappa shape index (κ3) is 2.60. The molecule has 15 heavy (non-hydrogen) atoms. The van der Waals surface area contributed by atoms with Crippen molar-refractivity contribution >= 4 is 28.7 Å². The van der Waals surface area contributed by atoms with Crippen LogP contribution in [0.1, 0.15) is 11.8 Å². The second kappa shape index (κ2) is 4.64. The number of halogens is 1. The molecule has 2 heterocycles. The Bertz CT molecular complexity index is 363. The minimum Gasteiger partial charge on any atom is -0.316 e. The molecule has 1 aliphatic heterocycles. The summed E-state index contributed by atoms with van der Waals surface area (Å²) >= 11 is 7.33. The lowest BCUT2D eigenvalue weighted by atomic mass is 9.92. The molecule has 0 aromatic carbocycles. The lowest BCUT2D eigenvalue weighted by Crippen LogP contribution is -2.22. The molecule has 0 amide bonds. The molecule has 2 rings (SSSR count). The monoisotopic (exact) mass is 243 g/mol. The standard InChI is InChI=1S/C11H14ClNOS/c1-7-5-13-6-9(7)10(14)4-8-2-3-11(12)15-8/h2-3,7,9,13H,4-6H2,1H3. The summed E-state index contributed by atoms with van der Waals surface area (Å²) in [5.74, 6) is 0.991. The molecular weight excluding hydrogens is 230 g/mol. The number of rotatable bonds is 3. The molecular formula is C11H14ClNOS. The summed E-state index contributed by atoms with van der Waals surface area (Å²) in [6.07, 6.45) is 0.536. The van der Waals surface area contributed by atoms with Gasteiger partial charge in [-0.15, -0.1) is 11.3 Å². The van der Waals surface area contributed by atoms with Gasteiger partial charge in [0.05, 0.1) is 4.34 Å². The highest BCUT2D eigenvalue weighted by molar-refractivity contribution is 7.16. The van der Waals surface area contributed by atoms with Crippen molar-refractivity contribution in [3.63, 3.8) is 0 Å². The predicted molar refractivity (Wildman–Crippen MR) is 63.6 cm³/mol.